The molecule has 30 heavy (non-hydrogen) atoms. The van der Waals surface area contributed by atoms with Crippen LogP contribution in [-0.2, 0) is 0 Å². The maximum absolute atomic E-state index is 13.6. The fraction of sp³-hybridized carbons (Fsp3) is 0.348. The Bertz CT molecular complexity index is 1100. The van der Waals surface area contributed by atoms with Gasteiger partial charge in [0.05, 0.1) is 10.9 Å². The number of aromatic nitrogens is 2. The predicted molar refractivity (Wildman–Crippen MR) is 112 cm³/mol. The van der Waals surface area contributed by atoms with Crippen molar-refractivity contribution < 1.29 is 13.9 Å². The van der Waals surface area contributed by atoms with Crippen molar-refractivity contribution in [2.24, 2.45) is 17.8 Å². The van der Waals surface area contributed by atoms with E-state index in [9.17, 15) is 9.18 Å². The van der Waals surface area contributed by atoms with Gasteiger partial charge in [-0.3, -0.25) is 4.79 Å². The first-order valence-electron chi connectivity index (χ1n) is 10.1. The van der Waals surface area contributed by atoms with Crippen LogP contribution in [0.1, 0.15) is 30.1 Å². The second-order valence-corrected chi connectivity index (χ2v) is 8.66. The summed E-state index contributed by atoms with van der Waals surface area (Å²) in [7, 11) is 0. The van der Waals surface area contributed by atoms with E-state index in [4.69, 9.17) is 16.3 Å². The fourth-order valence-corrected chi connectivity index (χ4v) is 5.05. The van der Waals surface area contributed by atoms with Gasteiger partial charge in [-0.2, -0.15) is 0 Å². The van der Waals surface area contributed by atoms with Crippen molar-refractivity contribution in [1.29, 1.82) is 0 Å². The van der Waals surface area contributed by atoms with Crippen molar-refractivity contribution in [3.63, 3.8) is 0 Å². The first-order valence-corrected chi connectivity index (χ1v) is 10.5. The SMILES string of the molecule is CC(NC(=O)c1ccc(Cl)cc1)[C@H]1[C@@H]2C[C@@H](Oc3ncnc4ccc(F)cc34)C[C@@H]21. The van der Waals surface area contributed by atoms with Crippen LogP contribution in [0.25, 0.3) is 10.9 Å². The Labute approximate surface area is 178 Å². The van der Waals surface area contributed by atoms with E-state index in [1.807, 2.05) is 0 Å². The van der Waals surface area contributed by atoms with Gasteiger partial charge in [0.25, 0.3) is 5.91 Å². The summed E-state index contributed by atoms with van der Waals surface area (Å²) in [5.74, 6) is 1.54. The van der Waals surface area contributed by atoms with Crippen LogP contribution >= 0.6 is 11.6 Å². The third-order valence-electron chi connectivity index (χ3n) is 6.35. The Morgan fingerprint density at radius 1 is 1.17 bits per heavy atom. The molecule has 0 radical (unpaired) electrons. The van der Waals surface area contributed by atoms with Crippen molar-refractivity contribution in [1.82, 2.24) is 15.3 Å². The van der Waals surface area contributed by atoms with Gasteiger partial charge in [0, 0.05) is 16.6 Å². The summed E-state index contributed by atoms with van der Waals surface area (Å²) in [6, 6.07) is 11.4. The van der Waals surface area contributed by atoms with Gasteiger partial charge >= 0.3 is 0 Å². The number of fused-ring (bicyclic) bond motifs is 2. The van der Waals surface area contributed by atoms with E-state index < -0.39 is 0 Å². The van der Waals surface area contributed by atoms with Crippen LogP contribution in [0, 0.1) is 23.6 Å². The number of hydrogen-bond acceptors (Lipinski definition) is 4. The number of hydrogen-bond donors (Lipinski definition) is 1. The number of amides is 1. The van der Waals surface area contributed by atoms with Crippen LogP contribution < -0.4 is 10.1 Å². The third-order valence-corrected chi connectivity index (χ3v) is 6.60. The van der Waals surface area contributed by atoms with E-state index >= 15 is 0 Å². The summed E-state index contributed by atoms with van der Waals surface area (Å²) in [5.41, 5.74) is 1.28. The van der Waals surface area contributed by atoms with Gasteiger partial charge in [-0.05, 0) is 80.0 Å². The molecule has 1 N–H and O–H groups in total. The van der Waals surface area contributed by atoms with Crippen molar-refractivity contribution >= 4 is 28.4 Å². The van der Waals surface area contributed by atoms with Crippen LogP contribution in [-0.4, -0.2) is 28.0 Å². The second kappa shape index (κ2) is 7.51. The summed E-state index contributed by atoms with van der Waals surface area (Å²) in [6.07, 6.45) is 3.33. The van der Waals surface area contributed by atoms with Crippen LogP contribution in [0.2, 0.25) is 5.02 Å². The molecule has 1 heterocycles. The average molecular weight is 426 g/mol. The molecule has 2 aliphatic rings. The lowest BCUT2D eigenvalue weighted by molar-refractivity contribution is 0.0930. The van der Waals surface area contributed by atoms with E-state index in [1.54, 1.807) is 30.3 Å². The quantitative estimate of drug-likeness (QED) is 0.646. The van der Waals surface area contributed by atoms with E-state index in [-0.39, 0.29) is 23.9 Å². The molecule has 3 aromatic rings. The molecule has 2 aliphatic carbocycles. The Balaban J connectivity index is 1.19. The lowest BCUT2D eigenvalue weighted by Gasteiger charge is -2.20. The standard InChI is InChI=1S/C23H21ClFN3O2/c1-12(28-22(29)13-2-4-14(24)5-3-13)21-17-9-16(10-18(17)21)30-23-19-8-15(25)6-7-20(19)26-11-27-23/h2-8,11-12,16-18,21H,9-10H2,1H3,(H,28,29)/t12?,16-,17-,18+,21+. The zero-order valence-electron chi connectivity index (χ0n) is 16.4. The molecule has 1 amide bonds. The highest BCUT2D eigenvalue weighted by Gasteiger charge is 2.58. The molecular formula is C23H21ClFN3O2. The van der Waals surface area contributed by atoms with Gasteiger partial charge in [0.1, 0.15) is 18.2 Å². The number of nitrogens with zero attached hydrogens (tertiary/aromatic N) is 2. The largest absolute Gasteiger partial charge is 0.474 e. The molecule has 2 saturated carbocycles. The van der Waals surface area contributed by atoms with Crippen LogP contribution in [0.15, 0.2) is 48.8 Å². The number of nitrogens with one attached hydrogen (secondary N) is 1. The van der Waals surface area contributed by atoms with Crippen molar-refractivity contribution in [2.45, 2.75) is 31.9 Å². The van der Waals surface area contributed by atoms with Gasteiger partial charge in [0.2, 0.25) is 5.88 Å². The molecular weight excluding hydrogens is 405 g/mol. The van der Waals surface area contributed by atoms with E-state index in [1.165, 1.54) is 18.5 Å². The van der Waals surface area contributed by atoms with E-state index in [0.29, 0.717) is 45.1 Å². The molecule has 2 aromatic carbocycles. The Kier molecular flexibility index (Phi) is 4.82. The number of benzene rings is 2. The normalized spacial score (nSPS) is 25.6. The Morgan fingerprint density at radius 3 is 2.63 bits per heavy atom. The molecule has 5 nitrogen and oxygen atoms in total. The first kappa shape index (κ1) is 19.2. The van der Waals surface area contributed by atoms with Gasteiger partial charge in [0.15, 0.2) is 0 Å². The summed E-state index contributed by atoms with van der Waals surface area (Å²) < 4.78 is 19.8. The molecule has 1 aromatic heterocycles. The van der Waals surface area contributed by atoms with Crippen molar-refractivity contribution in [3.05, 3.63) is 65.2 Å². The molecule has 0 spiro atoms. The molecule has 0 bridgehead atoms. The zero-order valence-corrected chi connectivity index (χ0v) is 17.1. The van der Waals surface area contributed by atoms with E-state index in [0.717, 1.165) is 12.8 Å². The minimum Gasteiger partial charge on any atom is -0.474 e. The lowest BCUT2D eigenvalue weighted by Crippen LogP contribution is -2.36. The zero-order chi connectivity index (χ0) is 20.8. The van der Waals surface area contributed by atoms with Crippen LogP contribution in [0.5, 0.6) is 5.88 Å². The molecule has 5 atom stereocenters. The molecule has 5 rings (SSSR count). The highest BCUT2D eigenvalue weighted by molar-refractivity contribution is 6.30. The molecule has 1 unspecified atom stereocenters. The Morgan fingerprint density at radius 2 is 1.90 bits per heavy atom. The summed E-state index contributed by atoms with van der Waals surface area (Å²) in [6.45, 7) is 2.06. The first-order chi connectivity index (χ1) is 14.5. The smallest absolute Gasteiger partial charge is 0.251 e. The third kappa shape index (κ3) is 3.60. The fourth-order valence-electron chi connectivity index (χ4n) is 4.92. The van der Waals surface area contributed by atoms with Crippen molar-refractivity contribution in [2.75, 3.05) is 0 Å². The number of rotatable bonds is 5. The van der Waals surface area contributed by atoms with Crippen molar-refractivity contribution in [3.8, 4) is 5.88 Å². The summed E-state index contributed by atoms with van der Waals surface area (Å²) in [5, 5.41) is 4.32. The molecule has 0 aliphatic heterocycles. The predicted octanol–water partition coefficient (Wildman–Crippen LogP) is 4.64. The Hall–Kier alpha value is -2.73. The second-order valence-electron chi connectivity index (χ2n) is 8.23. The number of carbonyl (C=O) groups excluding carboxylic acids is 1. The minimum atomic E-state index is -0.332. The summed E-state index contributed by atoms with van der Waals surface area (Å²) in [4.78, 5) is 20.8. The highest BCUT2D eigenvalue weighted by Crippen LogP contribution is 2.59. The van der Waals surface area contributed by atoms with Gasteiger partial charge in [-0.1, -0.05) is 11.6 Å². The molecule has 0 saturated heterocycles. The lowest BCUT2D eigenvalue weighted by atomic mass is 10.0. The minimum absolute atomic E-state index is 0.0526. The monoisotopic (exact) mass is 425 g/mol. The van der Waals surface area contributed by atoms with Crippen LogP contribution in [0.4, 0.5) is 4.39 Å². The number of ether oxygens (including phenoxy) is 1. The van der Waals surface area contributed by atoms with Gasteiger partial charge in [-0.25, -0.2) is 14.4 Å². The molecule has 7 heteroatoms. The highest BCUT2D eigenvalue weighted by atomic mass is 35.5. The number of halogens is 2. The topological polar surface area (TPSA) is 64.1 Å². The van der Waals surface area contributed by atoms with Gasteiger partial charge < -0.3 is 10.1 Å². The summed E-state index contributed by atoms with van der Waals surface area (Å²) >= 11 is 5.89. The maximum Gasteiger partial charge on any atom is 0.251 e. The van der Waals surface area contributed by atoms with E-state index in [2.05, 4.69) is 22.2 Å². The molecule has 154 valence electrons. The molecule has 2 fully saturated rings. The van der Waals surface area contributed by atoms with Gasteiger partial charge in [-0.15, -0.1) is 0 Å². The average Bonchev–Trinajstić information content (AvgIpc) is 3.24. The number of carbonyl (C=O) groups is 1. The van der Waals surface area contributed by atoms with Crippen LogP contribution in [0.3, 0.4) is 0 Å². The maximum atomic E-state index is 13.6.